The number of benzene rings is 1. The van der Waals surface area contributed by atoms with Crippen molar-refractivity contribution in [3.8, 4) is 5.75 Å². The molecule has 0 radical (unpaired) electrons. The highest BCUT2D eigenvalue weighted by molar-refractivity contribution is 9.10. The molecule has 1 atom stereocenters. The fourth-order valence-corrected chi connectivity index (χ4v) is 1.82. The molecule has 1 heterocycles. The van der Waals surface area contributed by atoms with Crippen LogP contribution in [-0.4, -0.2) is 17.0 Å². The molecule has 4 nitrogen and oxygen atoms in total. The zero-order valence-corrected chi connectivity index (χ0v) is 11.9. The average molecular weight is 321 g/mol. The molecular formula is C14H13BrN2O2. The van der Waals surface area contributed by atoms with Gasteiger partial charge in [0.25, 0.3) is 5.91 Å². The van der Waals surface area contributed by atoms with Gasteiger partial charge in [-0.1, -0.05) is 18.2 Å². The Balaban J connectivity index is 1.96. The van der Waals surface area contributed by atoms with Crippen LogP contribution in [0.5, 0.6) is 5.75 Å². The lowest BCUT2D eigenvalue weighted by Gasteiger charge is -2.14. The van der Waals surface area contributed by atoms with Crippen LogP contribution in [0.4, 0.5) is 5.69 Å². The molecule has 2 aromatic rings. The predicted molar refractivity (Wildman–Crippen MR) is 77.1 cm³/mol. The first kappa shape index (κ1) is 13.5. The van der Waals surface area contributed by atoms with Crippen molar-refractivity contribution in [1.82, 2.24) is 4.98 Å². The molecule has 0 saturated carbocycles. The third kappa shape index (κ3) is 4.06. The van der Waals surface area contributed by atoms with Crippen LogP contribution in [-0.2, 0) is 4.79 Å². The fraction of sp³-hybridized carbons (Fsp3) is 0.143. The Hall–Kier alpha value is -1.88. The fourth-order valence-electron chi connectivity index (χ4n) is 1.48. The molecule has 5 heteroatoms. The number of nitrogens with one attached hydrogen (secondary N) is 1. The summed E-state index contributed by atoms with van der Waals surface area (Å²) >= 11 is 3.30. The molecule has 0 aliphatic rings. The van der Waals surface area contributed by atoms with Gasteiger partial charge in [0.05, 0.1) is 6.20 Å². The number of anilines is 1. The van der Waals surface area contributed by atoms with Gasteiger partial charge in [-0.25, -0.2) is 0 Å². The summed E-state index contributed by atoms with van der Waals surface area (Å²) in [5.74, 6) is 0.344. The maximum Gasteiger partial charge on any atom is 0.265 e. The van der Waals surface area contributed by atoms with Crippen molar-refractivity contribution in [3.63, 3.8) is 0 Å². The first-order chi connectivity index (χ1) is 9.15. The number of carbonyl (C=O) groups excluding carboxylic acids is 1. The van der Waals surface area contributed by atoms with Crippen LogP contribution < -0.4 is 10.1 Å². The molecule has 0 fully saturated rings. The van der Waals surface area contributed by atoms with E-state index in [0.29, 0.717) is 5.75 Å². The number of carbonyl (C=O) groups is 1. The van der Waals surface area contributed by atoms with Gasteiger partial charge < -0.3 is 10.1 Å². The van der Waals surface area contributed by atoms with Crippen molar-refractivity contribution in [2.75, 3.05) is 5.32 Å². The third-order valence-electron chi connectivity index (χ3n) is 2.40. The summed E-state index contributed by atoms with van der Waals surface area (Å²) in [6.45, 7) is 1.69. The number of hydrogen-bond acceptors (Lipinski definition) is 3. The molecule has 1 aromatic carbocycles. The molecule has 0 spiro atoms. The second kappa shape index (κ2) is 6.33. The van der Waals surface area contributed by atoms with Crippen LogP contribution in [0.25, 0.3) is 0 Å². The Morgan fingerprint density at radius 3 is 2.74 bits per heavy atom. The Labute approximate surface area is 119 Å². The van der Waals surface area contributed by atoms with E-state index < -0.39 is 6.10 Å². The molecule has 98 valence electrons. The SMILES string of the molecule is CC(Oc1cncc(Br)c1)C(=O)Nc1ccccc1. The molecule has 0 aliphatic carbocycles. The molecule has 0 bridgehead atoms. The van der Waals surface area contributed by atoms with Gasteiger partial charge in [-0.05, 0) is 41.1 Å². The summed E-state index contributed by atoms with van der Waals surface area (Å²) in [6, 6.07) is 11.0. The van der Waals surface area contributed by atoms with Crippen molar-refractivity contribution in [1.29, 1.82) is 0 Å². The Kier molecular flexibility index (Phi) is 4.52. The van der Waals surface area contributed by atoms with E-state index in [1.807, 2.05) is 30.3 Å². The Morgan fingerprint density at radius 2 is 2.05 bits per heavy atom. The third-order valence-corrected chi connectivity index (χ3v) is 2.84. The normalized spacial score (nSPS) is 11.7. The van der Waals surface area contributed by atoms with E-state index in [0.717, 1.165) is 10.2 Å². The van der Waals surface area contributed by atoms with Crippen molar-refractivity contribution < 1.29 is 9.53 Å². The molecule has 19 heavy (non-hydrogen) atoms. The van der Waals surface area contributed by atoms with Crippen LogP contribution in [0, 0.1) is 0 Å². The highest BCUT2D eigenvalue weighted by Gasteiger charge is 2.14. The second-order valence-corrected chi connectivity index (χ2v) is 4.87. The largest absolute Gasteiger partial charge is 0.479 e. The van der Waals surface area contributed by atoms with Gasteiger partial charge in [-0.2, -0.15) is 0 Å². The van der Waals surface area contributed by atoms with Crippen LogP contribution in [0.3, 0.4) is 0 Å². The molecular weight excluding hydrogens is 308 g/mol. The van der Waals surface area contributed by atoms with Crippen LogP contribution in [0.2, 0.25) is 0 Å². The second-order valence-electron chi connectivity index (χ2n) is 3.95. The van der Waals surface area contributed by atoms with E-state index in [-0.39, 0.29) is 5.91 Å². The summed E-state index contributed by atoms with van der Waals surface area (Å²) < 4.78 is 6.33. The van der Waals surface area contributed by atoms with E-state index in [2.05, 4.69) is 26.2 Å². The lowest BCUT2D eigenvalue weighted by molar-refractivity contribution is -0.122. The van der Waals surface area contributed by atoms with Gasteiger partial charge in [-0.3, -0.25) is 9.78 Å². The molecule has 1 N–H and O–H groups in total. The zero-order valence-electron chi connectivity index (χ0n) is 10.3. The smallest absolute Gasteiger partial charge is 0.265 e. The summed E-state index contributed by atoms with van der Waals surface area (Å²) in [6.07, 6.45) is 2.62. The van der Waals surface area contributed by atoms with Crippen molar-refractivity contribution in [3.05, 3.63) is 53.3 Å². The molecule has 1 unspecified atom stereocenters. The van der Waals surface area contributed by atoms with E-state index in [1.54, 1.807) is 25.4 Å². The van der Waals surface area contributed by atoms with Crippen molar-refractivity contribution in [2.45, 2.75) is 13.0 Å². The summed E-state index contributed by atoms with van der Waals surface area (Å²) in [7, 11) is 0. The summed E-state index contributed by atoms with van der Waals surface area (Å²) in [4.78, 5) is 15.9. The van der Waals surface area contributed by atoms with Gasteiger partial charge in [0, 0.05) is 16.4 Å². The monoisotopic (exact) mass is 320 g/mol. The highest BCUT2D eigenvalue weighted by atomic mass is 79.9. The minimum Gasteiger partial charge on any atom is -0.479 e. The number of pyridine rings is 1. The minimum absolute atomic E-state index is 0.203. The van der Waals surface area contributed by atoms with Crippen LogP contribution >= 0.6 is 15.9 Å². The highest BCUT2D eigenvalue weighted by Crippen LogP contribution is 2.17. The number of aromatic nitrogens is 1. The van der Waals surface area contributed by atoms with Gasteiger partial charge in [0.15, 0.2) is 6.10 Å². The number of hydrogen-bond donors (Lipinski definition) is 1. The molecule has 0 aliphatic heterocycles. The standard InChI is InChI=1S/C14H13BrN2O2/c1-10(19-13-7-11(15)8-16-9-13)14(18)17-12-5-3-2-4-6-12/h2-10H,1H3,(H,17,18). The van der Waals surface area contributed by atoms with Gasteiger partial charge in [0.2, 0.25) is 0 Å². The quantitative estimate of drug-likeness (QED) is 0.940. The number of ether oxygens (including phenoxy) is 1. The maximum atomic E-state index is 11.9. The minimum atomic E-state index is -0.601. The Morgan fingerprint density at radius 1 is 1.32 bits per heavy atom. The molecule has 1 aromatic heterocycles. The van der Waals surface area contributed by atoms with Crippen molar-refractivity contribution >= 4 is 27.5 Å². The van der Waals surface area contributed by atoms with E-state index >= 15 is 0 Å². The topological polar surface area (TPSA) is 51.2 Å². The average Bonchev–Trinajstić information content (AvgIpc) is 2.40. The number of para-hydroxylation sites is 1. The summed E-state index contributed by atoms with van der Waals surface area (Å²) in [5.41, 5.74) is 0.746. The molecule has 2 rings (SSSR count). The number of nitrogens with zero attached hydrogens (tertiary/aromatic N) is 1. The van der Waals surface area contributed by atoms with E-state index in [4.69, 9.17) is 4.74 Å². The summed E-state index contributed by atoms with van der Waals surface area (Å²) in [5, 5.41) is 2.78. The first-order valence-corrected chi connectivity index (χ1v) is 6.57. The number of rotatable bonds is 4. The molecule has 0 saturated heterocycles. The molecule has 1 amide bonds. The maximum absolute atomic E-state index is 11.9. The lowest BCUT2D eigenvalue weighted by Crippen LogP contribution is -2.30. The van der Waals surface area contributed by atoms with Crippen LogP contribution in [0.1, 0.15) is 6.92 Å². The van der Waals surface area contributed by atoms with E-state index in [1.165, 1.54) is 0 Å². The lowest BCUT2D eigenvalue weighted by atomic mass is 10.3. The number of amides is 1. The zero-order chi connectivity index (χ0) is 13.7. The van der Waals surface area contributed by atoms with Gasteiger partial charge in [-0.15, -0.1) is 0 Å². The van der Waals surface area contributed by atoms with Crippen molar-refractivity contribution in [2.24, 2.45) is 0 Å². The predicted octanol–water partition coefficient (Wildman–Crippen LogP) is 3.25. The van der Waals surface area contributed by atoms with Gasteiger partial charge >= 0.3 is 0 Å². The van der Waals surface area contributed by atoms with Crippen LogP contribution in [0.15, 0.2) is 53.3 Å². The van der Waals surface area contributed by atoms with E-state index in [9.17, 15) is 4.79 Å². The number of halogens is 1. The Bertz CT molecular complexity index is 560. The first-order valence-electron chi connectivity index (χ1n) is 5.78. The van der Waals surface area contributed by atoms with Gasteiger partial charge in [0.1, 0.15) is 5.75 Å².